The maximum Gasteiger partial charge on any atom is 0.410 e. The van der Waals surface area contributed by atoms with Crippen LogP contribution in [0.1, 0.15) is 31.3 Å². The number of rotatable bonds is 1. The van der Waals surface area contributed by atoms with Gasteiger partial charge in [-0.1, -0.05) is 6.07 Å². The standard InChI is InChI=1S/C19H23N3O4/c1-19(2,3)26-18(25)22-10-8-21(9-11-22)17(24)16-6-4-13-12-14(23)5-7-15(13)20-16/h4-7,12,23H,8-11H2,1-3H3. The lowest BCUT2D eigenvalue weighted by Crippen LogP contribution is -2.51. The molecule has 0 atom stereocenters. The molecule has 1 aliphatic rings. The number of aromatic hydroxyl groups is 1. The highest BCUT2D eigenvalue weighted by Crippen LogP contribution is 2.19. The minimum Gasteiger partial charge on any atom is -0.508 e. The molecule has 3 rings (SSSR count). The lowest BCUT2D eigenvalue weighted by molar-refractivity contribution is 0.0140. The van der Waals surface area contributed by atoms with E-state index in [1.54, 1.807) is 40.1 Å². The van der Waals surface area contributed by atoms with Crippen LogP contribution in [-0.4, -0.2) is 63.7 Å². The van der Waals surface area contributed by atoms with Crippen LogP contribution in [0.5, 0.6) is 5.75 Å². The van der Waals surface area contributed by atoms with Gasteiger partial charge in [0.1, 0.15) is 17.0 Å². The van der Waals surface area contributed by atoms with E-state index in [9.17, 15) is 14.7 Å². The third kappa shape index (κ3) is 4.04. The van der Waals surface area contributed by atoms with Crippen molar-refractivity contribution in [1.82, 2.24) is 14.8 Å². The fourth-order valence-corrected chi connectivity index (χ4v) is 2.81. The number of phenols is 1. The Balaban J connectivity index is 1.65. The number of amides is 2. The molecule has 0 aliphatic carbocycles. The molecule has 1 N–H and O–H groups in total. The summed E-state index contributed by atoms with van der Waals surface area (Å²) in [6.45, 7) is 7.23. The van der Waals surface area contributed by atoms with E-state index in [2.05, 4.69) is 4.98 Å². The molecule has 0 radical (unpaired) electrons. The highest BCUT2D eigenvalue weighted by Gasteiger charge is 2.28. The first-order valence-corrected chi connectivity index (χ1v) is 8.60. The van der Waals surface area contributed by atoms with Crippen LogP contribution >= 0.6 is 0 Å². The molecule has 1 aromatic heterocycles. The third-order valence-electron chi connectivity index (χ3n) is 4.11. The van der Waals surface area contributed by atoms with Gasteiger partial charge in [-0.05, 0) is 45.0 Å². The molecular weight excluding hydrogens is 334 g/mol. The van der Waals surface area contributed by atoms with E-state index in [-0.39, 0.29) is 17.7 Å². The maximum atomic E-state index is 12.7. The molecule has 1 fully saturated rings. The number of carbonyl (C=O) groups excluding carboxylic acids is 2. The van der Waals surface area contributed by atoms with E-state index in [0.717, 1.165) is 5.39 Å². The lowest BCUT2D eigenvalue weighted by Gasteiger charge is -2.35. The van der Waals surface area contributed by atoms with Crippen LogP contribution in [0.15, 0.2) is 30.3 Å². The highest BCUT2D eigenvalue weighted by atomic mass is 16.6. The number of pyridine rings is 1. The van der Waals surface area contributed by atoms with Gasteiger partial charge >= 0.3 is 6.09 Å². The van der Waals surface area contributed by atoms with Crippen molar-refractivity contribution in [2.75, 3.05) is 26.2 Å². The molecule has 2 aromatic rings. The van der Waals surface area contributed by atoms with Crippen LogP contribution < -0.4 is 0 Å². The van der Waals surface area contributed by atoms with Crippen molar-refractivity contribution in [3.63, 3.8) is 0 Å². The number of benzene rings is 1. The highest BCUT2D eigenvalue weighted by molar-refractivity contribution is 5.95. The number of aromatic nitrogens is 1. The van der Waals surface area contributed by atoms with Gasteiger partial charge in [0, 0.05) is 31.6 Å². The molecule has 0 unspecified atom stereocenters. The van der Waals surface area contributed by atoms with Crippen molar-refractivity contribution >= 4 is 22.9 Å². The number of phenolic OH excluding ortho intramolecular Hbond substituents is 1. The number of ether oxygens (including phenoxy) is 1. The SMILES string of the molecule is CC(C)(C)OC(=O)N1CCN(C(=O)c2ccc3cc(O)ccc3n2)CC1. The first kappa shape index (κ1) is 18.0. The van der Waals surface area contributed by atoms with Gasteiger partial charge in [0.2, 0.25) is 0 Å². The Hall–Kier alpha value is -2.83. The van der Waals surface area contributed by atoms with Crippen molar-refractivity contribution in [1.29, 1.82) is 0 Å². The molecule has 1 aliphatic heterocycles. The van der Waals surface area contributed by atoms with Gasteiger partial charge in [0.05, 0.1) is 5.52 Å². The largest absolute Gasteiger partial charge is 0.508 e. The van der Waals surface area contributed by atoms with E-state index < -0.39 is 5.60 Å². The fraction of sp³-hybridized carbons (Fsp3) is 0.421. The third-order valence-corrected chi connectivity index (χ3v) is 4.11. The zero-order valence-corrected chi connectivity index (χ0v) is 15.2. The molecule has 1 saturated heterocycles. The van der Waals surface area contributed by atoms with Crippen LogP contribution in [0.2, 0.25) is 0 Å². The van der Waals surface area contributed by atoms with Crippen LogP contribution in [0, 0.1) is 0 Å². The van der Waals surface area contributed by atoms with E-state index in [0.29, 0.717) is 37.4 Å². The Morgan fingerprint density at radius 1 is 1.04 bits per heavy atom. The van der Waals surface area contributed by atoms with Crippen molar-refractivity contribution in [2.24, 2.45) is 0 Å². The monoisotopic (exact) mass is 357 g/mol. The first-order valence-electron chi connectivity index (χ1n) is 8.60. The molecule has 0 spiro atoms. The second-order valence-electron chi connectivity index (χ2n) is 7.33. The molecule has 2 amide bonds. The molecule has 7 heteroatoms. The average Bonchev–Trinajstić information content (AvgIpc) is 2.59. The van der Waals surface area contributed by atoms with Crippen LogP contribution in [0.3, 0.4) is 0 Å². The summed E-state index contributed by atoms with van der Waals surface area (Å²) < 4.78 is 5.37. The summed E-state index contributed by atoms with van der Waals surface area (Å²) in [5.74, 6) is 0.000421. The Bertz CT molecular complexity index is 836. The molecular formula is C19H23N3O4. The Labute approximate surface area is 152 Å². The number of carbonyl (C=O) groups is 2. The van der Waals surface area contributed by atoms with Gasteiger partial charge in [-0.2, -0.15) is 0 Å². The summed E-state index contributed by atoms with van der Waals surface area (Å²) in [4.78, 5) is 32.5. The second-order valence-corrected chi connectivity index (χ2v) is 7.33. The van der Waals surface area contributed by atoms with Crippen LogP contribution in [0.4, 0.5) is 4.79 Å². The summed E-state index contributed by atoms with van der Waals surface area (Å²) in [5.41, 5.74) is 0.475. The van der Waals surface area contributed by atoms with Gasteiger partial charge in [0.15, 0.2) is 0 Å². The van der Waals surface area contributed by atoms with Crippen molar-refractivity contribution in [3.05, 3.63) is 36.0 Å². The number of hydrogen-bond donors (Lipinski definition) is 1. The molecule has 138 valence electrons. The van der Waals surface area contributed by atoms with E-state index in [4.69, 9.17) is 4.74 Å². The normalized spacial score (nSPS) is 15.2. The van der Waals surface area contributed by atoms with E-state index in [1.807, 2.05) is 20.8 Å². The number of hydrogen-bond acceptors (Lipinski definition) is 5. The van der Waals surface area contributed by atoms with Gasteiger partial charge in [-0.15, -0.1) is 0 Å². The second kappa shape index (κ2) is 6.82. The quantitative estimate of drug-likeness (QED) is 0.848. The zero-order chi connectivity index (χ0) is 18.9. The number of piperazine rings is 1. The maximum absolute atomic E-state index is 12.7. The van der Waals surface area contributed by atoms with Crippen LogP contribution in [-0.2, 0) is 4.74 Å². The smallest absolute Gasteiger partial charge is 0.410 e. The minimum absolute atomic E-state index is 0.163. The van der Waals surface area contributed by atoms with Crippen molar-refractivity contribution in [3.8, 4) is 5.75 Å². The van der Waals surface area contributed by atoms with Crippen molar-refractivity contribution < 1.29 is 19.4 Å². The summed E-state index contributed by atoms with van der Waals surface area (Å²) in [5, 5.41) is 10.3. The predicted octanol–water partition coefficient (Wildman–Crippen LogP) is 2.63. The average molecular weight is 357 g/mol. The topological polar surface area (TPSA) is 83.0 Å². The molecule has 0 saturated carbocycles. The summed E-state index contributed by atoms with van der Waals surface area (Å²) in [6.07, 6.45) is -0.353. The fourth-order valence-electron chi connectivity index (χ4n) is 2.81. The lowest BCUT2D eigenvalue weighted by atomic mass is 10.2. The van der Waals surface area contributed by atoms with E-state index >= 15 is 0 Å². The Morgan fingerprint density at radius 3 is 2.35 bits per heavy atom. The molecule has 7 nitrogen and oxygen atoms in total. The van der Waals surface area contributed by atoms with Crippen molar-refractivity contribution in [2.45, 2.75) is 26.4 Å². The number of nitrogens with zero attached hydrogens (tertiary/aromatic N) is 3. The minimum atomic E-state index is -0.534. The Kier molecular flexibility index (Phi) is 4.71. The molecule has 1 aromatic carbocycles. The molecule has 0 bridgehead atoms. The zero-order valence-electron chi connectivity index (χ0n) is 15.2. The first-order chi connectivity index (χ1) is 12.2. The van der Waals surface area contributed by atoms with Gasteiger partial charge in [-0.3, -0.25) is 4.79 Å². The van der Waals surface area contributed by atoms with Gasteiger partial charge in [0.25, 0.3) is 5.91 Å². The van der Waals surface area contributed by atoms with Crippen LogP contribution in [0.25, 0.3) is 10.9 Å². The molecule has 26 heavy (non-hydrogen) atoms. The predicted molar refractivity (Wildman–Crippen MR) is 97.1 cm³/mol. The van der Waals surface area contributed by atoms with E-state index in [1.165, 1.54) is 0 Å². The summed E-state index contributed by atoms with van der Waals surface area (Å²) in [7, 11) is 0. The van der Waals surface area contributed by atoms with Gasteiger partial charge < -0.3 is 19.6 Å². The summed E-state index contributed by atoms with van der Waals surface area (Å²) in [6, 6.07) is 8.26. The molecule has 2 heterocycles. The Morgan fingerprint density at radius 2 is 1.69 bits per heavy atom. The van der Waals surface area contributed by atoms with Gasteiger partial charge in [-0.25, -0.2) is 9.78 Å². The summed E-state index contributed by atoms with van der Waals surface area (Å²) >= 11 is 0. The number of fused-ring (bicyclic) bond motifs is 1.